The molecule has 0 amide bonds. The number of benzene rings is 1. The molecule has 0 atom stereocenters. The van der Waals surface area contributed by atoms with Gasteiger partial charge >= 0.3 is 22.1 Å². The summed E-state index contributed by atoms with van der Waals surface area (Å²) >= 11 is 0. The number of hydrogen-bond donors (Lipinski definition) is 1. The summed E-state index contributed by atoms with van der Waals surface area (Å²) in [6, 6.07) is 0. The topological polar surface area (TPSA) is 107 Å². The van der Waals surface area contributed by atoms with E-state index in [1.165, 1.54) is 0 Å². The first kappa shape index (κ1) is 18.8. The second-order valence-electron chi connectivity index (χ2n) is 3.94. The Morgan fingerprint density at radius 1 is 0.957 bits per heavy atom. The number of rotatable bonds is 5. The molecular formula is C11H8F4O7S. The number of ether oxygens (including phenoxy) is 2. The van der Waals surface area contributed by atoms with Crippen molar-refractivity contribution in [3.8, 4) is 5.75 Å². The molecule has 0 fully saturated rings. The lowest BCUT2D eigenvalue weighted by Crippen LogP contribution is -2.16. The fourth-order valence-corrected chi connectivity index (χ4v) is 2.01. The van der Waals surface area contributed by atoms with E-state index in [9.17, 15) is 35.6 Å². The van der Waals surface area contributed by atoms with Crippen molar-refractivity contribution >= 4 is 22.1 Å². The molecule has 0 saturated heterocycles. The third kappa shape index (κ3) is 4.16. The van der Waals surface area contributed by atoms with E-state index in [0.717, 1.165) is 7.11 Å². The van der Waals surface area contributed by atoms with Gasteiger partial charge in [0.1, 0.15) is 0 Å². The Kier molecular flexibility index (Phi) is 5.66. The quantitative estimate of drug-likeness (QED) is 0.278. The van der Waals surface area contributed by atoms with Gasteiger partial charge in [-0.15, -0.1) is 0 Å². The van der Waals surface area contributed by atoms with Crippen molar-refractivity contribution < 1.29 is 49.6 Å². The minimum Gasteiger partial charge on any atom is -0.469 e. The normalized spacial score (nSPS) is 11.2. The van der Waals surface area contributed by atoms with Crippen LogP contribution in [0.4, 0.5) is 17.6 Å². The molecule has 128 valence electrons. The summed E-state index contributed by atoms with van der Waals surface area (Å²) in [6.07, 6.45) is -1.26. The number of halogens is 4. The van der Waals surface area contributed by atoms with Crippen molar-refractivity contribution in [2.75, 3.05) is 7.11 Å². The smallest absolute Gasteiger partial charge is 0.311 e. The molecule has 0 aliphatic heterocycles. The maximum Gasteiger partial charge on any atom is 0.311 e. The van der Waals surface area contributed by atoms with Gasteiger partial charge in [-0.1, -0.05) is 0 Å². The van der Waals surface area contributed by atoms with Crippen LogP contribution in [0.2, 0.25) is 0 Å². The van der Waals surface area contributed by atoms with Crippen LogP contribution in [-0.2, 0) is 24.4 Å². The molecule has 1 rings (SSSR count). The fraction of sp³-hybridized carbons (Fsp3) is 0.273. The van der Waals surface area contributed by atoms with Crippen LogP contribution in [0.15, 0.2) is 4.90 Å². The summed E-state index contributed by atoms with van der Waals surface area (Å²) in [5.41, 5.74) is 0. The molecule has 0 radical (unpaired) electrons. The van der Waals surface area contributed by atoms with Crippen LogP contribution < -0.4 is 4.74 Å². The first-order valence-electron chi connectivity index (χ1n) is 5.61. The molecule has 0 unspecified atom stereocenters. The molecule has 0 spiro atoms. The number of carbonyl (C=O) groups is 2. The van der Waals surface area contributed by atoms with E-state index in [-0.39, 0.29) is 0 Å². The van der Waals surface area contributed by atoms with Gasteiger partial charge in [0.15, 0.2) is 16.5 Å². The summed E-state index contributed by atoms with van der Waals surface area (Å²) in [5.74, 6) is -13.8. The first-order chi connectivity index (χ1) is 10.5. The third-order valence-electron chi connectivity index (χ3n) is 2.42. The predicted octanol–water partition coefficient (Wildman–Crippen LogP) is 1.35. The summed E-state index contributed by atoms with van der Waals surface area (Å²) in [5, 5.41) is 0. The molecule has 7 nitrogen and oxygen atoms in total. The molecule has 23 heavy (non-hydrogen) atoms. The van der Waals surface area contributed by atoms with Crippen molar-refractivity contribution in [3.63, 3.8) is 0 Å². The molecule has 1 aromatic carbocycles. The molecule has 0 aliphatic carbocycles. The summed E-state index contributed by atoms with van der Waals surface area (Å²) in [4.78, 5) is 19.8. The highest BCUT2D eigenvalue weighted by Gasteiger charge is 2.34. The zero-order valence-corrected chi connectivity index (χ0v) is 12.0. The van der Waals surface area contributed by atoms with Crippen molar-refractivity contribution in [2.45, 2.75) is 17.7 Å². The maximum absolute atomic E-state index is 13.5. The van der Waals surface area contributed by atoms with Gasteiger partial charge in [0.05, 0.1) is 20.0 Å². The van der Waals surface area contributed by atoms with E-state index in [0.29, 0.717) is 0 Å². The fourth-order valence-electron chi connectivity index (χ4n) is 1.38. The van der Waals surface area contributed by atoms with Crippen molar-refractivity contribution in [1.82, 2.24) is 0 Å². The van der Waals surface area contributed by atoms with Gasteiger partial charge in [0, 0.05) is 0 Å². The largest absolute Gasteiger partial charge is 0.469 e. The van der Waals surface area contributed by atoms with E-state index in [2.05, 4.69) is 9.47 Å². The molecule has 0 heterocycles. The van der Waals surface area contributed by atoms with Crippen LogP contribution in [0.3, 0.4) is 0 Å². The van der Waals surface area contributed by atoms with E-state index in [1.807, 2.05) is 0 Å². The molecule has 1 aromatic rings. The second-order valence-corrected chi connectivity index (χ2v) is 5.30. The summed E-state index contributed by atoms with van der Waals surface area (Å²) in [6.45, 7) is 0. The number of hydrogen-bond acceptors (Lipinski definition) is 6. The summed E-state index contributed by atoms with van der Waals surface area (Å²) < 4.78 is 92.1. The highest BCUT2D eigenvalue weighted by atomic mass is 32.2. The summed E-state index contributed by atoms with van der Waals surface area (Å²) in [7, 11) is -4.61. The van der Waals surface area contributed by atoms with Gasteiger partial charge in [-0.2, -0.15) is 17.2 Å². The maximum atomic E-state index is 13.5. The van der Waals surface area contributed by atoms with Crippen molar-refractivity contribution in [3.05, 3.63) is 23.3 Å². The molecule has 0 saturated carbocycles. The van der Waals surface area contributed by atoms with E-state index in [4.69, 9.17) is 4.55 Å². The molecule has 0 bridgehead atoms. The van der Waals surface area contributed by atoms with Crippen LogP contribution in [0, 0.1) is 23.3 Å². The standard InChI is InChI=1S/C11H8F4O7S/c1-21-4(16)2-3-5(17)22-10-6(12)8(14)11(23(18,19)20)9(15)7(10)13/h2-3H2,1H3,(H,18,19,20). The first-order valence-corrected chi connectivity index (χ1v) is 7.05. The van der Waals surface area contributed by atoms with Gasteiger partial charge < -0.3 is 9.47 Å². The highest BCUT2D eigenvalue weighted by molar-refractivity contribution is 7.85. The Morgan fingerprint density at radius 2 is 1.39 bits per heavy atom. The SMILES string of the molecule is COC(=O)CCC(=O)Oc1c(F)c(F)c(S(=O)(=O)O)c(F)c1F. The molecule has 0 aromatic heterocycles. The molecule has 0 aliphatic rings. The Morgan fingerprint density at radius 3 is 1.78 bits per heavy atom. The minimum absolute atomic E-state index is 0.535. The Balaban J connectivity index is 3.20. The predicted molar refractivity (Wildman–Crippen MR) is 63.0 cm³/mol. The number of esters is 2. The zero-order chi connectivity index (χ0) is 17.9. The zero-order valence-electron chi connectivity index (χ0n) is 11.2. The number of carbonyl (C=O) groups excluding carboxylic acids is 2. The Hall–Kier alpha value is -2.21. The van der Waals surface area contributed by atoms with E-state index < -0.39 is 68.8 Å². The average Bonchev–Trinajstić information content (AvgIpc) is 2.45. The molecular weight excluding hydrogens is 352 g/mol. The average molecular weight is 360 g/mol. The molecule has 12 heteroatoms. The van der Waals surface area contributed by atoms with Crippen LogP contribution in [0.5, 0.6) is 5.75 Å². The van der Waals surface area contributed by atoms with Gasteiger partial charge in [-0.25, -0.2) is 8.78 Å². The lowest BCUT2D eigenvalue weighted by molar-refractivity contribution is -0.144. The van der Waals surface area contributed by atoms with Gasteiger partial charge in [0.2, 0.25) is 17.4 Å². The third-order valence-corrected chi connectivity index (χ3v) is 3.29. The van der Waals surface area contributed by atoms with Crippen molar-refractivity contribution in [2.24, 2.45) is 0 Å². The monoisotopic (exact) mass is 360 g/mol. The van der Waals surface area contributed by atoms with Crippen LogP contribution in [0.25, 0.3) is 0 Å². The lowest BCUT2D eigenvalue weighted by atomic mass is 10.2. The Labute approximate surface area is 126 Å². The van der Waals surface area contributed by atoms with Crippen LogP contribution in [-0.4, -0.2) is 32.0 Å². The lowest BCUT2D eigenvalue weighted by Gasteiger charge is -2.10. The van der Waals surface area contributed by atoms with E-state index in [1.54, 1.807) is 0 Å². The number of methoxy groups -OCH3 is 1. The van der Waals surface area contributed by atoms with Gasteiger partial charge in [-0.05, 0) is 0 Å². The van der Waals surface area contributed by atoms with E-state index >= 15 is 0 Å². The highest BCUT2D eigenvalue weighted by Crippen LogP contribution is 2.32. The van der Waals surface area contributed by atoms with Gasteiger partial charge in [0.25, 0.3) is 0 Å². The molecule has 1 N–H and O–H groups in total. The van der Waals surface area contributed by atoms with Crippen LogP contribution in [0.1, 0.15) is 12.8 Å². The van der Waals surface area contributed by atoms with Crippen LogP contribution >= 0.6 is 0 Å². The minimum atomic E-state index is -5.61. The second kappa shape index (κ2) is 6.91. The Bertz CT molecular complexity index is 731. The van der Waals surface area contributed by atoms with Gasteiger partial charge in [-0.3, -0.25) is 14.1 Å². The van der Waals surface area contributed by atoms with Crippen molar-refractivity contribution in [1.29, 1.82) is 0 Å².